The minimum atomic E-state index is 0.407. The Morgan fingerprint density at radius 1 is 1.10 bits per heavy atom. The number of hydrogen-bond donors (Lipinski definition) is 1. The second-order valence-electron chi connectivity index (χ2n) is 8.02. The molecule has 2 fully saturated rings. The predicted octanol–water partition coefficient (Wildman–Crippen LogP) is 4.04. The molecule has 0 radical (unpaired) electrons. The van der Waals surface area contributed by atoms with E-state index in [0.717, 1.165) is 11.8 Å². The fourth-order valence-electron chi connectivity index (χ4n) is 3.90. The van der Waals surface area contributed by atoms with Crippen molar-refractivity contribution < 1.29 is 0 Å². The van der Waals surface area contributed by atoms with Gasteiger partial charge in [-0.1, -0.05) is 34.1 Å². The molecule has 0 saturated heterocycles. The molecular formula is C18H36N2. The van der Waals surface area contributed by atoms with Crippen LogP contribution in [0.3, 0.4) is 0 Å². The molecule has 2 N–H and O–H groups in total. The lowest BCUT2D eigenvalue weighted by atomic mass is 9.67. The van der Waals surface area contributed by atoms with Crippen molar-refractivity contribution in [1.29, 1.82) is 0 Å². The molecule has 20 heavy (non-hydrogen) atoms. The van der Waals surface area contributed by atoms with Gasteiger partial charge in [0, 0.05) is 18.6 Å². The van der Waals surface area contributed by atoms with E-state index < -0.39 is 0 Å². The Morgan fingerprint density at radius 2 is 1.80 bits per heavy atom. The molecule has 3 atom stereocenters. The third kappa shape index (κ3) is 3.98. The summed E-state index contributed by atoms with van der Waals surface area (Å²) in [5.41, 5.74) is 6.99. The first-order chi connectivity index (χ1) is 9.47. The highest BCUT2D eigenvalue weighted by Crippen LogP contribution is 2.42. The zero-order valence-electron chi connectivity index (χ0n) is 14.2. The van der Waals surface area contributed by atoms with E-state index in [1.54, 1.807) is 0 Å². The van der Waals surface area contributed by atoms with Gasteiger partial charge in [0.1, 0.15) is 0 Å². The van der Waals surface area contributed by atoms with Gasteiger partial charge in [0.2, 0.25) is 0 Å². The van der Waals surface area contributed by atoms with Gasteiger partial charge in [-0.15, -0.1) is 0 Å². The molecule has 0 aromatic carbocycles. The average Bonchev–Trinajstić information content (AvgIpc) is 3.22. The maximum absolute atomic E-state index is 6.51. The van der Waals surface area contributed by atoms with Gasteiger partial charge in [-0.25, -0.2) is 0 Å². The highest BCUT2D eigenvalue weighted by molar-refractivity contribution is 4.94. The quantitative estimate of drug-likeness (QED) is 0.762. The molecule has 0 aromatic heterocycles. The summed E-state index contributed by atoms with van der Waals surface area (Å²) in [5, 5.41) is 0. The Hall–Kier alpha value is -0.0800. The SMILES string of the molecule is CCCN(CC1CC1)C1CC(C(C)(C)CC)CCC1N. The van der Waals surface area contributed by atoms with E-state index >= 15 is 0 Å². The van der Waals surface area contributed by atoms with E-state index in [-0.39, 0.29) is 0 Å². The molecule has 2 saturated carbocycles. The largest absolute Gasteiger partial charge is 0.326 e. The van der Waals surface area contributed by atoms with Gasteiger partial charge in [0.25, 0.3) is 0 Å². The molecule has 2 aliphatic carbocycles. The lowest BCUT2D eigenvalue weighted by Gasteiger charge is -2.46. The maximum atomic E-state index is 6.51. The minimum absolute atomic E-state index is 0.407. The maximum Gasteiger partial charge on any atom is 0.0250 e. The third-order valence-electron chi connectivity index (χ3n) is 6.05. The highest BCUT2D eigenvalue weighted by atomic mass is 15.2. The monoisotopic (exact) mass is 280 g/mol. The average molecular weight is 280 g/mol. The molecule has 0 spiro atoms. The summed E-state index contributed by atoms with van der Waals surface area (Å²) >= 11 is 0. The van der Waals surface area contributed by atoms with Crippen molar-refractivity contribution >= 4 is 0 Å². The molecule has 2 nitrogen and oxygen atoms in total. The van der Waals surface area contributed by atoms with Crippen LogP contribution in [0, 0.1) is 17.3 Å². The molecular weight excluding hydrogens is 244 g/mol. The van der Waals surface area contributed by atoms with Crippen LogP contribution < -0.4 is 5.73 Å². The number of nitrogens with two attached hydrogens (primary N) is 1. The molecule has 2 rings (SSSR count). The van der Waals surface area contributed by atoms with Gasteiger partial charge in [0.05, 0.1) is 0 Å². The Labute approximate surface area is 126 Å². The summed E-state index contributed by atoms with van der Waals surface area (Å²) in [4.78, 5) is 2.75. The number of rotatable bonds is 7. The molecule has 0 amide bonds. The van der Waals surface area contributed by atoms with Gasteiger partial charge in [-0.2, -0.15) is 0 Å². The fraction of sp³-hybridized carbons (Fsp3) is 1.00. The van der Waals surface area contributed by atoms with Crippen molar-refractivity contribution in [2.45, 2.75) is 84.7 Å². The lowest BCUT2D eigenvalue weighted by molar-refractivity contribution is 0.0573. The van der Waals surface area contributed by atoms with Crippen molar-refractivity contribution in [2.75, 3.05) is 13.1 Å². The third-order valence-corrected chi connectivity index (χ3v) is 6.05. The first kappa shape index (κ1) is 16.3. The highest BCUT2D eigenvalue weighted by Gasteiger charge is 2.39. The molecule has 2 heteroatoms. The van der Waals surface area contributed by atoms with Crippen LogP contribution in [0.1, 0.15) is 72.6 Å². The standard InChI is InChI=1S/C18H36N2/c1-5-11-20(13-14-7-8-14)17-12-15(9-10-16(17)19)18(3,4)6-2/h14-17H,5-13,19H2,1-4H3. The van der Waals surface area contributed by atoms with Crippen molar-refractivity contribution in [3.05, 3.63) is 0 Å². The van der Waals surface area contributed by atoms with Gasteiger partial charge in [-0.05, 0) is 62.3 Å². The number of nitrogens with zero attached hydrogens (tertiary/aromatic N) is 1. The summed E-state index contributed by atoms with van der Waals surface area (Å²) < 4.78 is 0. The van der Waals surface area contributed by atoms with Crippen molar-refractivity contribution in [3.8, 4) is 0 Å². The molecule has 2 aliphatic rings. The van der Waals surface area contributed by atoms with Crippen LogP contribution in [0.2, 0.25) is 0 Å². The van der Waals surface area contributed by atoms with Crippen LogP contribution in [0.25, 0.3) is 0 Å². The Bertz CT molecular complexity index is 296. The summed E-state index contributed by atoms with van der Waals surface area (Å²) in [7, 11) is 0. The Morgan fingerprint density at radius 3 is 2.35 bits per heavy atom. The first-order valence-electron chi connectivity index (χ1n) is 8.97. The smallest absolute Gasteiger partial charge is 0.0250 e. The summed E-state index contributed by atoms with van der Waals surface area (Å²) in [6.07, 6.45) is 9.34. The van der Waals surface area contributed by atoms with Crippen LogP contribution in [0.15, 0.2) is 0 Å². The van der Waals surface area contributed by atoms with E-state index in [1.165, 1.54) is 58.0 Å². The summed E-state index contributed by atoms with van der Waals surface area (Å²) in [6.45, 7) is 12.1. The van der Waals surface area contributed by atoms with Crippen molar-refractivity contribution in [2.24, 2.45) is 23.0 Å². The van der Waals surface area contributed by atoms with Crippen LogP contribution in [0.5, 0.6) is 0 Å². The summed E-state index contributed by atoms with van der Waals surface area (Å²) in [6, 6.07) is 1.05. The van der Waals surface area contributed by atoms with E-state index in [1.807, 2.05) is 0 Å². The van der Waals surface area contributed by atoms with Gasteiger partial charge in [0.15, 0.2) is 0 Å². The Kier molecular flexibility index (Phi) is 5.53. The molecule has 118 valence electrons. The predicted molar refractivity (Wildman–Crippen MR) is 87.8 cm³/mol. The van der Waals surface area contributed by atoms with Gasteiger partial charge in [-0.3, -0.25) is 4.90 Å². The zero-order chi connectivity index (χ0) is 14.8. The second-order valence-corrected chi connectivity index (χ2v) is 8.02. The van der Waals surface area contributed by atoms with E-state index in [0.29, 0.717) is 17.5 Å². The fourth-order valence-corrected chi connectivity index (χ4v) is 3.90. The van der Waals surface area contributed by atoms with Crippen LogP contribution in [-0.2, 0) is 0 Å². The van der Waals surface area contributed by atoms with E-state index in [4.69, 9.17) is 5.73 Å². The second kappa shape index (κ2) is 6.79. The summed E-state index contributed by atoms with van der Waals surface area (Å²) in [5.74, 6) is 1.84. The molecule has 0 aromatic rings. The van der Waals surface area contributed by atoms with Crippen LogP contribution in [-0.4, -0.2) is 30.1 Å². The number of hydrogen-bond acceptors (Lipinski definition) is 2. The van der Waals surface area contributed by atoms with E-state index in [9.17, 15) is 0 Å². The zero-order valence-corrected chi connectivity index (χ0v) is 14.2. The van der Waals surface area contributed by atoms with E-state index in [2.05, 4.69) is 32.6 Å². The molecule has 0 heterocycles. The van der Waals surface area contributed by atoms with Crippen LogP contribution >= 0.6 is 0 Å². The normalized spacial score (nSPS) is 31.8. The van der Waals surface area contributed by atoms with Gasteiger partial charge < -0.3 is 5.73 Å². The Balaban J connectivity index is 2.01. The molecule has 0 bridgehead atoms. The van der Waals surface area contributed by atoms with Crippen LogP contribution in [0.4, 0.5) is 0 Å². The minimum Gasteiger partial charge on any atom is -0.326 e. The lowest BCUT2D eigenvalue weighted by Crippen LogP contribution is -2.53. The first-order valence-corrected chi connectivity index (χ1v) is 8.97. The van der Waals surface area contributed by atoms with Crippen molar-refractivity contribution in [3.63, 3.8) is 0 Å². The molecule has 3 unspecified atom stereocenters. The molecule has 0 aliphatic heterocycles. The van der Waals surface area contributed by atoms with Crippen molar-refractivity contribution in [1.82, 2.24) is 4.90 Å². The van der Waals surface area contributed by atoms with Gasteiger partial charge >= 0.3 is 0 Å². The topological polar surface area (TPSA) is 29.3 Å².